The molecule has 1 heterocycles. The highest BCUT2D eigenvalue weighted by atomic mass is 35.5. The van der Waals surface area contributed by atoms with E-state index in [4.69, 9.17) is 49.0 Å². The molecule has 0 atom stereocenters. The normalized spacial score (nSPS) is 13.6. The third-order valence-electron chi connectivity index (χ3n) is 5.17. The number of carbonyl (C=O) groups is 1. The lowest BCUT2D eigenvalue weighted by atomic mass is 10.2. The Morgan fingerprint density at radius 3 is 2.46 bits per heavy atom. The van der Waals surface area contributed by atoms with Crippen molar-refractivity contribution < 1.29 is 19.0 Å². The smallest absolute Gasteiger partial charge is 0.277 e. The Bertz CT molecular complexity index is 1270. The van der Waals surface area contributed by atoms with Gasteiger partial charge in [0.05, 0.1) is 33.0 Å². The van der Waals surface area contributed by atoms with E-state index < -0.39 is 0 Å². The number of benzene rings is 3. The first-order chi connectivity index (χ1) is 17.9. The lowest BCUT2D eigenvalue weighted by Gasteiger charge is -2.13. The molecule has 0 unspecified atom stereocenters. The largest absolute Gasteiger partial charge is 0.493 e. The fraction of sp³-hybridized carbons (Fsp3) is 0.231. The second kappa shape index (κ2) is 13.5. The van der Waals surface area contributed by atoms with Crippen LogP contribution < -0.4 is 19.6 Å². The molecule has 1 aliphatic heterocycles. The predicted molar refractivity (Wildman–Crippen MR) is 154 cm³/mol. The van der Waals surface area contributed by atoms with Crippen molar-refractivity contribution in [3.05, 3.63) is 86.4 Å². The van der Waals surface area contributed by atoms with Gasteiger partial charge >= 0.3 is 0 Å². The quantitative estimate of drug-likeness (QED) is 0.196. The van der Waals surface area contributed by atoms with Crippen molar-refractivity contribution in [3.8, 4) is 17.2 Å². The number of nitrogens with one attached hydrogen (secondary N) is 1. The molecule has 0 aromatic heterocycles. The van der Waals surface area contributed by atoms with Crippen molar-refractivity contribution in [3.63, 3.8) is 0 Å². The van der Waals surface area contributed by atoms with Gasteiger partial charge < -0.3 is 14.2 Å². The summed E-state index contributed by atoms with van der Waals surface area (Å²) < 4.78 is 17.3. The molecule has 0 saturated carbocycles. The fourth-order valence-electron chi connectivity index (χ4n) is 3.37. The summed E-state index contributed by atoms with van der Waals surface area (Å²) in [6.07, 6.45) is 1.46. The highest BCUT2D eigenvalue weighted by Crippen LogP contribution is 2.45. The molecule has 194 valence electrons. The van der Waals surface area contributed by atoms with Gasteiger partial charge in [0.2, 0.25) is 0 Å². The van der Waals surface area contributed by atoms with Crippen LogP contribution >= 0.6 is 58.3 Å². The third-order valence-corrected chi connectivity index (χ3v) is 9.29. The number of hydrogen-bond acceptors (Lipinski definition) is 7. The van der Waals surface area contributed by atoms with Crippen molar-refractivity contribution in [1.82, 2.24) is 5.43 Å². The Kier molecular flexibility index (Phi) is 10.2. The molecule has 37 heavy (non-hydrogen) atoms. The van der Waals surface area contributed by atoms with Crippen LogP contribution in [-0.2, 0) is 11.4 Å². The molecule has 4 rings (SSSR count). The molecular weight excluding hydrogens is 575 g/mol. The fourth-order valence-corrected chi connectivity index (χ4v) is 6.83. The highest BCUT2D eigenvalue weighted by Gasteiger charge is 2.18. The average molecular weight is 598 g/mol. The van der Waals surface area contributed by atoms with Gasteiger partial charge in [-0.3, -0.25) is 4.79 Å². The molecule has 0 radical (unpaired) electrons. The van der Waals surface area contributed by atoms with Gasteiger partial charge in [-0.2, -0.15) is 5.10 Å². The topological polar surface area (TPSA) is 69.2 Å². The molecule has 3 aromatic rings. The van der Waals surface area contributed by atoms with E-state index in [2.05, 4.69) is 10.5 Å². The lowest BCUT2D eigenvalue weighted by molar-refractivity contribution is -0.123. The first-order valence-corrected chi connectivity index (χ1v) is 14.4. The monoisotopic (exact) mass is 596 g/mol. The van der Waals surface area contributed by atoms with Gasteiger partial charge in [-0.1, -0.05) is 53.0 Å². The van der Waals surface area contributed by atoms with Gasteiger partial charge in [-0.25, -0.2) is 5.43 Å². The van der Waals surface area contributed by atoms with Gasteiger partial charge in [0.15, 0.2) is 18.1 Å². The predicted octanol–water partition coefficient (Wildman–Crippen LogP) is 7.24. The van der Waals surface area contributed by atoms with Crippen LogP contribution in [0.15, 0.2) is 59.7 Å². The van der Waals surface area contributed by atoms with Crippen molar-refractivity contribution in [2.45, 2.75) is 11.2 Å². The molecule has 1 saturated heterocycles. The number of halogens is 3. The Morgan fingerprint density at radius 1 is 1.00 bits per heavy atom. The van der Waals surface area contributed by atoms with E-state index in [0.717, 1.165) is 5.56 Å². The highest BCUT2D eigenvalue weighted by molar-refractivity contribution is 8.19. The maximum Gasteiger partial charge on any atom is 0.277 e. The zero-order valence-electron chi connectivity index (χ0n) is 19.7. The van der Waals surface area contributed by atoms with Crippen molar-refractivity contribution in [2.24, 2.45) is 5.10 Å². The minimum Gasteiger partial charge on any atom is -0.493 e. The zero-order valence-corrected chi connectivity index (χ0v) is 23.6. The number of rotatable bonds is 10. The van der Waals surface area contributed by atoms with Crippen LogP contribution in [0.2, 0.25) is 15.1 Å². The SMILES string of the molecule is COc1cc(/C=N\NC(=O)COc2ccc(C3SCCS3)cc2)cc(Cl)c1OCc1ccc(Cl)c(Cl)c1. The number of carbonyl (C=O) groups excluding carboxylic acids is 1. The van der Waals surface area contributed by atoms with E-state index >= 15 is 0 Å². The number of hydrazone groups is 1. The summed E-state index contributed by atoms with van der Waals surface area (Å²) in [5, 5.41) is 5.22. The van der Waals surface area contributed by atoms with Gasteiger partial charge in [0.1, 0.15) is 12.4 Å². The molecule has 1 N–H and O–H groups in total. The van der Waals surface area contributed by atoms with Crippen molar-refractivity contribution >= 4 is 70.4 Å². The molecule has 3 aromatic carbocycles. The van der Waals surface area contributed by atoms with Crippen LogP contribution in [0.3, 0.4) is 0 Å². The summed E-state index contributed by atoms with van der Waals surface area (Å²) in [5.41, 5.74) is 5.14. The van der Waals surface area contributed by atoms with Gasteiger partial charge in [-0.05, 0) is 53.1 Å². The molecule has 0 spiro atoms. The van der Waals surface area contributed by atoms with E-state index in [9.17, 15) is 4.79 Å². The second-order valence-electron chi connectivity index (χ2n) is 7.80. The summed E-state index contributed by atoms with van der Waals surface area (Å²) in [5.74, 6) is 3.38. The third kappa shape index (κ3) is 7.88. The van der Waals surface area contributed by atoms with E-state index in [-0.39, 0.29) is 19.1 Å². The number of hydrogen-bond donors (Lipinski definition) is 1. The number of ether oxygens (including phenoxy) is 3. The van der Waals surface area contributed by atoms with Gasteiger partial charge in [0.25, 0.3) is 5.91 Å². The Labute approximate surface area is 239 Å². The Hall–Kier alpha value is -2.23. The van der Waals surface area contributed by atoms with Crippen LogP contribution in [0.25, 0.3) is 0 Å². The first-order valence-electron chi connectivity index (χ1n) is 11.1. The molecule has 1 fully saturated rings. The summed E-state index contributed by atoms with van der Waals surface area (Å²) in [4.78, 5) is 12.1. The molecular formula is C26H23Cl3N2O4S2. The Balaban J connectivity index is 1.29. The number of amides is 1. The maximum absolute atomic E-state index is 12.1. The number of nitrogens with zero attached hydrogens (tertiary/aromatic N) is 1. The average Bonchev–Trinajstić information content (AvgIpc) is 3.44. The number of thioether (sulfide) groups is 2. The van der Waals surface area contributed by atoms with Crippen LogP contribution in [0, 0.1) is 0 Å². The molecule has 6 nitrogen and oxygen atoms in total. The Morgan fingerprint density at radius 2 is 1.76 bits per heavy atom. The minimum absolute atomic E-state index is 0.158. The van der Waals surface area contributed by atoms with Gasteiger partial charge in [-0.15, -0.1) is 23.5 Å². The van der Waals surface area contributed by atoms with E-state index in [1.165, 1.54) is 30.4 Å². The van der Waals surface area contributed by atoms with Crippen molar-refractivity contribution in [2.75, 3.05) is 25.2 Å². The van der Waals surface area contributed by atoms with Crippen LogP contribution in [0.1, 0.15) is 21.3 Å². The molecule has 1 aliphatic rings. The van der Waals surface area contributed by atoms with E-state index in [0.29, 0.717) is 42.5 Å². The maximum atomic E-state index is 12.1. The van der Waals surface area contributed by atoms with Crippen LogP contribution in [0.4, 0.5) is 0 Å². The summed E-state index contributed by atoms with van der Waals surface area (Å²) >= 11 is 22.3. The molecule has 11 heteroatoms. The molecule has 1 amide bonds. The van der Waals surface area contributed by atoms with Crippen molar-refractivity contribution in [1.29, 1.82) is 0 Å². The second-order valence-corrected chi connectivity index (χ2v) is 11.7. The molecule has 0 bridgehead atoms. The van der Waals surface area contributed by atoms with Crippen LogP contribution in [0.5, 0.6) is 17.2 Å². The standard InChI is InChI=1S/C26H23Cl3N2O4S2/c1-33-23-12-17(11-22(29)25(23)35-14-16-2-7-20(27)21(28)10-16)13-30-31-24(32)15-34-19-5-3-18(4-6-19)26-36-8-9-37-26/h2-7,10-13,26H,8-9,14-15H2,1H3,(H,31,32)/b30-13-. The van der Waals surface area contributed by atoms with Crippen LogP contribution in [-0.4, -0.2) is 37.3 Å². The minimum atomic E-state index is -0.387. The summed E-state index contributed by atoms with van der Waals surface area (Å²) in [7, 11) is 1.51. The van der Waals surface area contributed by atoms with E-state index in [1.54, 1.807) is 24.3 Å². The van der Waals surface area contributed by atoms with E-state index in [1.807, 2.05) is 53.9 Å². The number of methoxy groups -OCH3 is 1. The first kappa shape index (κ1) is 27.8. The molecule has 0 aliphatic carbocycles. The lowest BCUT2D eigenvalue weighted by Crippen LogP contribution is -2.24. The summed E-state index contributed by atoms with van der Waals surface area (Å²) in [6, 6.07) is 16.4. The summed E-state index contributed by atoms with van der Waals surface area (Å²) in [6.45, 7) is 0.0624. The zero-order chi connectivity index (χ0) is 26.2. The van der Waals surface area contributed by atoms with Gasteiger partial charge in [0, 0.05) is 11.5 Å².